The van der Waals surface area contributed by atoms with Gasteiger partial charge in [-0.1, -0.05) is 6.92 Å². The van der Waals surface area contributed by atoms with Gasteiger partial charge in [-0.05, 0) is 38.1 Å². The van der Waals surface area contributed by atoms with Gasteiger partial charge in [0.05, 0.1) is 0 Å². The van der Waals surface area contributed by atoms with E-state index >= 15 is 0 Å². The number of rotatable bonds is 5. The van der Waals surface area contributed by atoms with Gasteiger partial charge in [-0.2, -0.15) is 5.26 Å². The number of nitriles is 1. The van der Waals surface area contributed by atoms with Crippen LogP contribution in [0.2, 0.25) is 0 Å². The molecule has 108 valence electrons. The summed E-state index contributed by atoms with van der Waals surface area (Å²) in [5.74, 6) is 0. The molecule has 1 fully saturated rings. The maximum atomic E-state index is 12.2. The Hall–Kier alpha value is -1.49. The third-order valence-electron chi connectivity index (χ3n) is 3.58. The van der Waals surface area contributed by atoms with Crippen LogP contribution in [-0.4, -0.2) is 44.0 Å². The molecule has 1 aromatic rings. The maximum Gasteiger partial charge on any atom is 0.243 e. The molecule has 1 aliphatic heterocycles. The minimum atomic E-state index is -3.68. The molecule has 1 atom stereocenters. The third kappa shape index (κ3) is 3.15. The first kappa shape index (κ1) is 14.9. The van der Waals surface area contributed by atoms with E-state index < -0.39 is 10.0 Å². The zero-order valence-corrected chi connectivity index (χ0v) is 12.2. The molecule has 2 rings (SSSR count). The molecule has 0 aromatic carbocycles. The average Bonchev–Trinajstić information content (AvgIpc) is 2.92. The zero-order chi connectivity index (χ0) is 14.6. The van der Waals surface area contributed by atoms with Crippen LogP contribution in [0.15, 0.2) is 23.2 Å². The number of pyridine rings is 1. The van der Waals surface area contributed by atoms with Gasteiger partial charge in [0.25, 0.3) is 0 Å². The van der Waals surface area contributed by atoms with Crippen molar-refractivity contribution >= 4 is 10.0 Å². The fourth-order valence-corrected chi connectivity index (χ4v) is 3.70. The number of nitrogens with zero attached hydrogens (tertiary/aromatic N) is 3. The number of likely N-dealkylation sites (N-methyl/N-ethyl adjacent to an activating group) is 1. The monoisotopic (exact) mass is 294 g/mol. The van der Waals surface area contributed by atoms with E-state index in [-0.39, 0.29) is 16.6 Å². The molecule has 0 radical (unpaired) electrons. The normalized spacial score (nSPS) is 19.9. The van der Waals surface area contributed by atoms with Gasteiger partial charge in [0.15, 0.2) is 5.69 Å². The van der Waals surface area contributed by atoms with Crippen molar-refractivity contribution in [1.82, 2.24) is 14.6 Å². The highest BCUT2D eigenvalue weighted by Gasteiger charge is 2.26. The number of aromatic nitrogens is 1. The third-order valence-corrected chi connectivity index (χ3v) is 5.04. The fourth-order valence-electron chi connectivity index (χ4n) is 2.52. The lowest BCUT2D eigenvalue weighted by Gasteiger charge is -2.22. The highest BCUT2D eigenvalue weighted by atomic mass is 32.2. The van der Waals surface area contributed by atoms with Crippen molar-refractivity contribution in [2.45, 2.75) is 30.7 Å². The van der Waals surface area contributed by atoms with Crippen molar-refractivity contribution < 1.29 is 8.42 Å². The first-order chi connectivity index (χ1) is 9.58. The molecular weight excluding hydrogens is 276 g/mol. The largest absolute Gasteiger partial charge is 0.299 e. The molecule has 1 aromatic heterocycles. The number of likely N-dealkylation sites (tertiary alicyclic amines) is 1. The Labute approximate surface area is 119 Å². The second-order valence-electron chi connectivity index (χ2n) is 4.74. The van der Waals surface area contributed by atoms with Crippen molar-refractivity contribution in [3.8, 4) is 6.07 Å². The molecule has 20 heavy (non-hydrogen) atoms. The summed E-state index contributed by atoms with van der Waals surface area (Å²) in [5, 5.41) is 8.93. The fraction of sp³-hybridized carbons (Fsp3) is 0.538. The summed E-state index contributed by atoms with van der Waals surface area (Å²) in [7, 11) is -3.68. The zero-order valence-electron chi connectivity index (χ0n) is 11.4. The van der Waals surface area contributed by atoms with Gasteiger partial charge < -0.3 is 0 Å². The number of nitrogens with one attached hydrogen (secondary N) is 1. The van der Waals surface area contributed by atoms with E-state index in [4.69, 9.17) is 5.26 Å². The Kier molecular flexibility index (Phi) is 4.70. The van der Waals surface area contributed by atoms with E-state index in [9.17, 15) is 8.42 Å². The van der Waals surface area contributed by atoms with Crippen LogP contribution in [0.1, 0.15) is 25.5 Å². The summed E-state index contributed by atoms with van der Waals surface area (Å²) in [6.07, 6.45) is 3.50. The maximum absolute atomic E-state index is 12.2. The lowest BCUT2D eigenvalue weighted by atomic mass is 10.2. The lowest BCUT2D eigenvalue weighted by molar-refractivity contribution is 0.268. The molecule has 0 bridgehead atoms. The molecule has 0 aliphatic carbocycles. The predicted molar refractivity (Wildman–Crippen MR) is 74.4 cm³/mol. The Morgan fingerprint density at radius 1 is 1.60 bits per heavy atom. The molecule has 1 saturated heterocycles. The summed E-state index contributed by atoms with van der Waals surface area (Å²) in [6, 6.07) is 4.96. The minimum Gasteiger partial charge on any atom is -0.299 e. The second-order valence-corrected chi connectivity index (χ2v) is 6.47. The van der Waals surface area contributed by atoms with Crippen LogP contribution in [0, 0.1) is 11.3 Å². The lowest BCUT2D eigenvalue weighted by Crippen LogP contribution is -2.40. The van der Waals surface area contributed by atoms with Gasteiger partial charge in [0.2, 0.25) is 10.0 Å². The van der Waals surface area contributed by atoms with Crippen LogP contribution in [0.4, 0.5) is 0 Å². The van der Waals surface area contributed by atoms with E-state index in [0.717, 1.165) is 25.9 Å². The van der Waals surface area contributed by atoms with Crippen molar-refractivity contribution in [2.24, 2.45) is 0 Å². The Morgan fingerprint density at radius 2 is 2.40 bits per heavy atom. The van der Waals surface area contributed by atoms with E-state index in [1.54, 1.807) is 0 Å². The molecular formula is C13H18N4O2S. The van der Waals surface area contributed by atoms with E-state index in [1.807, 2.05) is 6.07 Å². The van der Waals surface area contributed by atoms with Crippen LogP contribution < -0.4 is 4.72 Å². The topological polar surface area (TPSA) is 86.1 Å². The van der Waals surface area contributed by atoms with Crippen LogP contribution in [0.3, 0.4) is 0 Å². The molecule has 1 unspecified atom stereocenters. The highest BCUT2D eigenvalue weighted by Crippen LogP contribution is 2.17. The molecule has 1 N–H and O–H groups in total. The van der Waals surface area contributed by atoms with Gasteiger partial charge in [0, 0.05) is 18.8 Å². The number of hydrogen-bond donors (Lipinski definition) is 1. The van der Waals surface area contributed by atoms with Crippen molar-refractivity contribution in [3.05, 3.63) is 24.0 Å². The van der Waals surface area contributed by atoms with Gasteiger partial charge in [0.1, 0.15) is 11.0 Å². The first-order valence-electron chi connectivity index (χ1n) is 6.67. The second kappa shape index (κ2) is 6.31. The van der Waals surface area contributed by atoms with Gasteiger partial charge in [-0.25, -0.2) is 18.1 Å². The van der Waals surface area contributed by atoms with Crippen molar-refractivity contribution in [2.75, 3.05) is 19.6 Å². The Morgan fingerprint density at radius 3 is 3.10 bits per heavy atom. The molecule has 0 saturated carbocycles. The molecule has 1 aliphatic rings. The van der Waals surface area contributed by atoms with Crippen LogP contribution in [0.5, 0.6) is 0 Å². The van der Waals surface area contributed by atoms with E-state index in [0.29, 0.717) is 6.54 Å². The van der Waals surface area contributed by atoms with Crippen LogP contribution in [0.25, 0.3) is 0 Å². The SMILES string of the molecule is CCN1CCCC1CNS(=O)(=O)c1cccnc1C#N. The minimum absolute atomic E-state index is 0.0523. The quantitative estimate of drug-likeness (QED) is 0.864. The average molecular weight is 294 g/mol. The Bertz CT molecular complexity index is 609. The molecule has 0 amide bonds. The standard InChI is InChI=1S/C13H18N4O2S/c1-2-17-8-4-5-11(17)10-16-20(18,19)13-6-3-7-15-12(13)9-14/h3,6-7,11,16H,2,4-5,8,10H2,1H3. The van der Waals surface area contributed by atoms with Crippen molar-refractivity contribution in [3.63, 3.8) is 0 Å². The van der Waals surface area contributed by atoms with Crippen LogP contribution in [-0.2, 0) is 10.0 Å². The van der Waals surface area contributed by atoms with Gasteiger partial charge in [-0.15, -0.1) is 0 Å². The van der Waals surface area contributed by atoms with Crippen molar-refractivity contribution in [1.29, 1.82) is 5.26 Å². The summed E-state index contributed by atoms with van der Waals surface area (Å²) in [4.78, 5) is 5.99. The summed E-state index contributed by atoms with van der Waals surface area (Å²) in [6.45, 7) is 4.37. The predicted octanol–water partition coefficient (Wildman–Crippen LogP) is 0.716. The molecule has 0 spiro atoms. The first-order valence-corrected chi connectivity index (χ1v) is 8.15. The summed E-state index contributed by atoms with van der Waals surface area (Å²) < 4.78 is 27.1. The van der Waals surface area contributed by atoms with Gasteiger partial charge in [-0.3, -0.25) is 4.90 Å². The summed E-state index contributed by atoms with van der Waals surface area (Å²) in [5.41, 5.74) is -0.0706. The highest BCUT2D eigenvalue weighted by molar-refractivity contribution is 7.89. The van der Waals surface area contributed by atoms with E-state index in [2.05, 4.69) is 21.5 Å². The van der Waals surface area contributed by atoms with Crippen LogP contribution >= 0.6 is 0 Å². The van der Waals surface area contributed by atoms with Gasteiger partial charge >= 0.3 is 0 Å². The summed E-state index contributed by atoms with van der Waals surface area (Å²) >= 11 is 0. The molecule has 6 nitrogen and oxygen atoms in total. The number of sulfonamides is 1. The molecule has 7 heteroatoms. The Balaban J connectivity index is 2.10. The molecule has 2 heterocycles. The smallest absolute Gasteiger partial charge is 0.243 e. The number of hydrogen-bond acceptors (Lipinski definition) is 5. The van der Waals surface area contributed by atoms with E-state index in [1.165, 1.54) is 18.3 Å².